The second kappa shape index (κ2) is 9.75. The molecule has 40 heavy (non-hydrogen) atoms. The molecule has 0 atom stereocenters. The maximum atomic E-state index is 16.1. The predicted octanol–water partition coefficient (Wildman–Crippen LogP) is 6.71. The van der Waals surface area contributed by atoms with Crippen LogP contribution in [-0.2, 0) is 5.54 Å². The van der Waals surface area contributed by atoms with Crippen LogP contribution in [0.2, 0.25) is 0 Å². The maximum Gasteiger partial charge on any atom is 0.252 e. The van der Waals surface area contributed by atoms with Gasteiger partial charge in [0, 0.05) is 41.9 Å². The molecule has 6 rings (SSSR count). The van der Waals surface area contributed by atoms with Crippen LogP contribution in [0.15, 0.2) is 77.5 Å². The van der Waals surface area contributed by atoms with E-state index < -0.39 is 29.3 Å². The van der Waals surface area contributed by atoms with E-state index in [4.69, 9.17) is 4.42 Å². The summed E-state index contributed by atoms with van der Waals surface area (Å²) in [7, 11) is 0. The second-order valence-electron chi connectivity index (χ2n) is 9.91. The zero-order valence-electron chi connectivity index (χ0n) is 21.3. The third kappa shape index (κ3) is 4.23. The molecule has 1 saturated carbocycles. The number of fused-ring (bicyclic) bond motifs is 1. The number of benzene rings is 3. The Morgan fingerprint density at radius 3 is 2.42 bits per heavy atom. The molecule has 0 saturated heterocycles. The van der Waals surface area contributed by atoms with Crippen molar-refractivity contribution in [1.82, 2.24) is 15.3 Å². The number of nitrogens with one attached hydrogen (secondary N) is 1. The maximum absolute atomic E-state index is 16.1. The summed E-state index contributed by atoms with van der Waals surface area (Å²) >= 11 is 0. The minimum absolute atomic E-state index is 0.00284. The molecule has 0 radical (unpaired) electrons. The summed E-state index contributed by atoms with van der Waals surface area (Å²) in [4.78, 5) is 33.8. The number of rotatable bonds is 6. The standard InChI is InChI=1S/C31H22F3N3O3/c1-17-3-4-19(29(39)37-31(14-21(33)15-31)30-35-11-2-12-36-30)13-23(17)22-9-10-25-26(27(22)34)24(16-38)28(40-25)18-5-7-20(32)8-6-18/h2-13,16,21H,14-15H2,1H3,(H,37,39). The van der Waals surface area contributed by atoms with Gasteiger partial charge in [0.25, 0.3) is 5.91 Å². The van der Waals surface area contributed by atoms with Crippen molar-refractivity contribution in [2.75, 3.05) is 0 Å². The van der Waals surface area contributed by atoms with E-state index in [-0.39, 0.29) is 46.3 Å². The van der Waals surface area contributed by atoms with E-state index in [1.165, 1.54) is 42.7 Å². The zero-order valence-corrected chi connectivity index (χ0v) is 21.3. The van der Waals surface area contributed by atoms with Crippen molar-refractivity contribution in [3.63, 3.8) is 0 Å². The molecule has 0 unspecified atom stereocenters. The number of alkyl halides is 1. The smallest absolute Gasteiger partial charge is 0.252 e. The lowest BCUT2D eigenvalue weighted by molar-refractivity contribution is 0.0481. The topological polar surface area (TPSA) is 85.1 Å². The van der Waals surface area contributed by atoms with Crippen molar-refractivity contribution in [3.8, 4) is 22.5 Å². The molecule has 9 heteroatoms. The third-order valence-electron chi connectivity index (χ3n) is 7.33. The van der Waals surface area contributed by atoms with Gasteiger partial charge in [-0.15, -0.1) is 0 Å². The van der Waals surface area contributed by atoms with Crippen molar-refractivity contribution in [2.45, 2.75) is 31.5 Å². The molecule has 1 aliphatic carbocycles. The number of carbonyl (C=O) groups excluding carboxylic acids is 2. The first-order chi connectivity index (χ1) is 19.3. The van der Waals surface area contributed by atoms with Crippen LogP contribution in [0.4, 0.5) is 13.2 Å². The van der Waals surface area contributed by atoms with Gasteiger partial charge < -0.3 is 9.73 Å². The lowest BCUT2D eigenvalue weighted by atomic mass is 9.74. The Kier molecular flexibility index (Phi) is 6.21. The number of nitrogens with zero attached hydrogens (tertiary/aromatic N) is 2. The number of hydrogen-bond donors (Lipinski definition) is 1. The number of halogens is 3. The van der Waals surface area contributed by atoms with Gasteiger partial charge in [-0.25, -0.2) is 23.1 Å². The van der Waals surface area contributed by atoms with Crippen LogP contribution >= 0.6 is 0 Å². The van der Waals surface area contributed by atoms with Gasteiger partial charge >= 0.3 is 0 Å². The Morgan fingerprint density at radius 2 is 1.75 bits per heavy atom. The molecule has 6 nitrogen and oxygen atoms in total. The van der Waals surface area contributed by atoms with Gasteiger partial charge in [-0.05, 0) is 72.6 Å². The molecular weight excluding hydrogens is 519 g/mol. The van der Waals surface area contributed by atoms with Gasteiger partial charge in [0.15, 0.2) is 12.1 Å². The summed E-state index contributed by atoms with van der Waals surface area (Å²) in [6, 6.07) is 14.9. The molecule has 0 aliphatic heterocycles. The van der Waals surface area contributed by atoms with Gasteiger partial charge in [0.05, 0.1) is 10.9 Å². The summed E-state index contributed by atoms with van der Waals surface area (Å²) in [5.74, 6) is -1.15. The minimum Gasteiger partial charge on any atom is -0.455 e. The highest BCUT2D eigenvalue weighted by molar-refractivity contribution is 6.04. The molecule has 2 heterocycles. The van der Waals surface area contributed by atoms with Gasteiger partial charge in [-0.2, -0.15) is 0 Å². The number of amides is 1. The number of hydrogen-bond acceptors (Lipinski definition) is 5. The van der Waals surface area contributed by atoms with Gasteiger partial charge in [0.1, 0.15) is 34.7 Å². The van der Waals surface area contributed by atoms with E-state index in [0.717, 1.165) is 0 Å². The molecule has 3 aromatic carbocycles. The monoisotopic (exact) mass is 541 g/mol. The molecule has 0 bridgehead atoms. The van der Waals surface area contributed by atoms with Crippen molar-refractivity contribution in [2.24, 2.45) is 0 Å². The molecule has 2 aromatic heterocycles. The molecule has 1 aliphatic rings. The Labute approximate surface area is 226 Å². The third-order valence-corrected chi connectivity index (χ3v) is 7.33. The fourth-order valence-corrected chi connectivity index (χ4v) is 5.24. The van der Waals surface area contributed by atoms with E-state index in [1.54, 1.807) is 37.3 Å². The van der Waals surface area contributed by atoms with E-state index in [0.29, 0.717) is 28.8 Å². The number of furan rings is 1. The van der Waals surface area contributed by atoms with E-state index >= 15 is 4.39 Å². The largest absolute Gasteiger partial charge is 0.455 e. The highest BCUT2D eigenvalue weighted by Gasteiger charge is 2.49. The molecule has 1 amide bonds. The normalized spacial score (nSPS) is 18.4. The van der Waals surface area contributed by atoms with Crippen LogP contribution in [0.3, 0.4) is 0 Å². The van der Waals surface area contributed by atoms with E-state index in [9.17, 15) is 18.4 Å². The summed E-state index contributed by atoms with van der Waals surface area (Å²) in [5, 5.41) is 2.88. The highest BCUT2D eigenvalue weighted by Crippen LogP contribution is 2.42. The van der Waals surface area contributed by atoms with Crippen molar-refractivity contribution in [1.29, 1.82) is 0 Å². The average Bonchev–Trinajstić information content (AvgIpc) is 3.33. The second-order valence-corrected chi connectivity index (χ2v) is 9.91. The highest BCUT2D eigenvalue weighted by atomic mass is 19.1. The zero-order chi connectivity index (χ0) is 28.0. The fourth-order valence-electron chi connectivity index (χ4n) is 5.24. The Hall–Kier alpha value is -4.79. The number of aldehydes is 1. The van der Waals surface area contributed by atoms with Gasteiger partial charge in [0.2, 0.25) is 0 Å². The molecule has 0 spiro atoms. The molecule has 1 fully saturated rings. The first-order valence-electron chi connectivity index (χ1n) is 12.6. The Bertz CT molecular complexity index is 1760. The van der Waals surface area contributed by atoms with Crippen LogP contribution in [0.5, 0.6) is 0 Å². The molecule has 5 aromatic rings. The van der Waals surface area contributed by atoms with Gasteiger partial charge in [-0.1, -0.05) is 6.07 Å². The van der Waals surface area contributed by atoms with E-state index in [1.807, 2.05) is 0 Å². The average molecular weight is 542 g/mol. The fraction of sp³-hybridized carbons (Fsp3) is 0.161. The van der Waals surface area contributed by atoms with Crippen LogP contribution in [0, 0.1) is 18.6 Å². The summed E-state index contributed by atoms with van der Waals surface area (Å²) in [5.41, 5.74) is 1.11. The lowest BCUT2D eigenvalue weighted by Crippen LogP contribution is -2.56. The summed E-state index contributed by atoms with van der Waals surface area (Å²) in [6.45, 7) is 1.78. The Balaban J connectivity index is 1.39. The van der Waals surface area contributed by atoms with E-state index in [2.05, 4.69) is 15.3 Å². The van der Waals surface area contributed by atoms with Crippen LogP contribution in [-0.4, -0.2) is 28.3 Å². The van der Waals surface area contributed by atoms with Crippen molar-refractivity contribution < 1.29 is 27.2 Å². The minimum atomic E-state index is -1.08. The summed E-state index contributed by atoms with van der Waals surface area (Å²) in [6.07, 6.45) is 2.61. The van der Waals surface area contributed by atoms with Crippen molar-refractivity contribution >= 4 is 23.2 Å². The molecule has 200 valence electrons. The van der Waals surface area contributed by atoms with Crippen LogP contribution < -0.4 is 5.32 Å². The summed E-state index contributed by atoms with van der Waals surface area (Å²) < 4.78 is 49.3. The van der Waals surface area contributed by atoms with Crippen molar-refractivity contribution in [3.05, 3.63) is 107 Å². The number of carbonyl (C=O) groups is 2. The van der Waals surface area contributed by atoms with Crippen LogP contribution in [0.1, 0.15) is 44.9 Å². The first-order valence-corrected chi connectivity index (χ1v) is 12.6. The number of aryl methyl sites for hydroxylation is 1. The molecule has 1 N–H and O–H groups in total. The predicted molar refractivity (Wildman–Crippen MR) is 142 cm³/mol. The molecular formula is C31H22F3N3O3. The number of aromatic nitrogens is 2. The lowest BCUT2D eigenvalue weighted by Gasteiger charge is -2.43. The Morgan fingerprint density at radius 1 is 1.02 bits per heavy atom. The SMILES string of the molecule is Cc1ccc(C(=O)NC2(c3ncccn3)CC(F)C2)cc1-c1ccc2oc(-c3ccc(F)cc3)c(C=O)c2c1F. The first kappa shape index (κ1) is 25.5. The van der Waals surface area contributed by atoms with Crippen LogP contribution in [0.25, 0.3) is 33.4 Å². The van der Waals surface area contributed by atoms with Gasteiger partial charge in [-0.3, -0.25) is 9.59 Å². The quantitative estimate of drug-likeness (QED) is 0.242.